The molecule has 0 saturated carbocycles. The Kier molecular flexibility index (Phi) is 4.52. The molecule has 0 spiro atoms. The number of nitrogens with zero attached hydrogens (tertiary/aromatic N) is 3. The molecular formula is C17H18FN3O2. The molecule has 5 nitrogen and oxygen atoms in total. The van der Waals surface area contributed by atoms with Gasteiger partial charge in [0.1, 0.15) is 5.82 Å². The summed E-state index contributed by atoms with van der Waals surface area (Å²) in [6, 6.07) is 13.3. The lowest BCUT2D eigenvalue weighted by Crippen LogP contribution is -2.45. The number of rotatable bonds is 4. The number of non-ortho nitro benzene ring substituents is 1. The summed E-state index contributed by atoms with van der Waals surface area (Å²) in [5.41, 5.74) is 2.10. The number of halogens is 1. The average molecular weight is 315 g/mol. The van der Waals surface area contributed by atoms with Crippen LogP contribution in [0, 0.1) is 15.9 Å². The van der Waals surface area contributed by atoms with Crippen molar-refractivity contribution < 1.29 is 9.31 Å². The maximum Gasteiger partial charge on any atom is 0.271 e. The van der Waals surface area contributed by atoms with E-state index in [9.17, 15) is 14.5 Å². The fourth-order valence-electron chi connectivity index (χ4n) is 2.82. The Hall–Kier alpha value is -2.47. The van der Waals surface area contributed by atoms with Crippen LogP contribution >= 0.6 is 0 Å². The van der Waals surface area contributed by atoms with Gasteiger partial charge in [-0.1, -0.05) is 18.2 Å². The van der Waals surface area contributed by atoms with Crippen LogP contribution in [0.5, 0.6) is 0 Å². The van der Waals surface area contributed by atoms with Crippen molar-refractivity contribution in [3.05, 3.63) is 70.0 Å². The summed E-state index contributed by atoms with van der Waals surface area (Å²) in [6.45, 7) is 4.19. The van der Waals surface area contributed by atoms with Gasteiger partial charge in [0.2, 0.25) is 0 Å². The first kappa shape index (κ1) is 15.4. The van der Waals surface area contributed by atoms with Crippen LogP contribution in [0.25, 0.3) is 0 Å². The summed E-state index contributed by atoms with van der Waals surface area (Å²) in [5, 5.41) is 10.9. The molecular weight excluding hydrogens is 297 g/mol. The molecule has 1 fully saturated rings. The van der Waals surface area contributed by atoms with Gasteiger partial charge < -0.3 is 4.90 Å². The number of piperazine rings is 1. The first-order valence-corrected chi connectivity index (χ1v) is 7.58. The molecule has 1 heterocycles. The highest BCUT2D eigenvalue weighted by molar-refractivity contribution is 5.53. The summed E-state index contributed by atoms with van der Waals surface area (Å²) in [7, 11) is 0. The summed E-state index contributed by atoms with van der Waals surface area (Å²) in [5.74, 6) is -0.218. The second-order valence-electron chi connectivity index (χ2n) is 5.67. The van der Waals surface area contributed by atoms with Crippen molar-refractivity contribution in [2.45, 2.75) is 6.54 Å². The zero-order valence-electron chi connectivity index (χ0n) is 12.7. The Morgan fingerprint density at radius 2 is 1.74 bits per heavy atom. The highest BCUT2D eigenvalue weighted by Gasteiger charge is 2.18. The molecule has 0 aliphatic carbocycles. The quantitative estimate of drug-likeness (QED) is 0.643. The Labute approximate surface area is 134 Å². The van der Waals surface area contributed by atoms with E-state index in [0.717, 1.165) is 44.0 Å². The lowest BCUT2D eigenvalue weighted by Gasteiger charge is -2.36. The molecule has 2 aromatic carbocycles. The lowest BCUT2D eigenvalue weighted by molar-refractivity contribution is -0.384. The van der Waals surface area contributed by atoms with Gasteiger partial charge in [0.05, 0.1) is 4.92 Å². The summed E-state index contributed by atoms with van der Waals surface area (Å²) in [6.07, 6.45) is 0. The Balaban J connectivity index is 1.59. The number of benzene rings is 2. The van der Waals surface area contributed by atoms with Crippen LogP contribution in [0.15, 0.2) is 48.5 Å². The molecule has 0 unspecified atom stereocenters. The Morgan fingerprint density at radius 1 is 1.04 bits per heavy atom. The molecule has 0 radical (unpaired) electrons. The predicted octanol–water partition coefficient (Wildman–Crippen LogP) is 3.06. The number of nitro groups is 1. The summed E-state index contributed by atoms with van der Waals surface area (Å²) >= 11 is 0. The van der Waals surface area contributed by atoms with Gasteiger partial charge in [-0.25, -0.2) is 4.39 Å². The van der Waals surface area contributed by atoms with Crippen molar-refractivity contribution in [3.63, 3.8) is 0 Å². The van der Waals surface area contributed by atoms with Gasteiger partial charge in [-0.2, -0.15) is 0 Å². The molecule has 3 rings (SSSR count). The average Bonchev–Trinajstić information content (AvgIpc) is 2.58. The first-order valence-electron chi connectivity index (χ1n) is 7.58. The zero-order chi connectivity index (χ0) is 16.2. The smallest absolute Gasteiger partial charge is 0.271 e. The standard InChI is InChI=1S/C17H18FN3O2/c18-15-6-4-14(5-7-15)13-19-8-10-20(11-9-19)16-2-1-3-17(12-16)21(22)23/h1-7,12H,8-11,13H2. The van der Waals surface area contributed by atoms with E-state index >= 15 is 0 Å². The van der Waals surface area contributed by atoms with Gasteiger partial charge in [0, 0.05) is 50.5 Å². The predicted molar refractivity (Wildman–Crippen MR) is 87.0 cm³/mol. The zero-order valence-corrected chi connectivity index (χ0v) is 12.7. The third kappa shape index (κ3) is 3.84. The van der Waals surface area contributed by atoms with Crippen molar-refractivity contribution in [1.82, 2.24) is 4.90 Å². The van der Waals surface area contributed by atoms with Crippen LogP contribution in [0.3, 0.4) is 0 Å². The van der Waals surface area contributed by atoms with Gasteiger partial charge in [-0.3, -0.25) is 15.0 Å². The maximum absolute atomic E-state index is 12.9. The molecule has 6 heteroatoms. The SMILES string of the molecule is O=[N+]([O-])c1cccc(N2CCN(Cc3ccc(F)cc3)CC2)c1. The van der Waals surface area contributed by atoms with Crippen LogP contribution < -0.4 is 4.90 Å². The maximum atomic E-state index is 12.9. The molecule has 0 N–H and O–H groups in total. The van der Waals surface area contributed by atoms with Gasteiger partial charge in [0.25, 0.3) is 5.69 Å². The van der Waals surface area contributed by atoms with Crippen molar-refractivity contribution in [2.75, 3.05) is 31.1 Å². The molecule has 23 heavy (non-hydrogen) atoms. The van der Waals surface area contributed by atoms with Crippen molar-refractivity contribution in [1.29, 1.82) is 0 Å². The first-order chi connectivity index (χ1) is 11.1. The van der Waals surface area contributed by atoms with Crippen molar-refractivity contribution >= 4 is 11.4 Å². The van der Waals surface area contributed by atoms with Crippen molar-refractivity contribution in [3.8, 4) is 0 Å². The van der Waals surface area contributed by atoms with E-state index in [-0.39, 0.29) is 16.4 Å². The fourth-order valence-corrected chi connectivity index (χ4v) is 2.82. The van der Waals surface area contributed by atoms with Crippen LogP contribution in [0.4, 0.5) is 15.8 Å². The molecule has 0 bridgehead atoms. The summed E-state index contributed by atoms with van der Waals surface area (Å²) < 4.78 is 12.9. The van der Waals surface area contributed by atoms with Gasteiger partial charge in [0.15, 0.2) is 0 Å². The number of hydrogen-bond acceptors (Lipinski definition) is 4. The highest BCUT2D eigenvalue weighted by atomic mass is 19.1. The number of hydrogen-bond donors (Lipinski definition) is 0. The monoisotopic (exact) mass is 315 g/mol. The van der Waals surface area contributed by atoms with Crippen molar-refractivity contribution in [2.24, 2.45) is 0 Å². The molecule has 1 aliphatic rings. The largest absolute Gasteiger partial charge is 0.369 e. The molecule has 1 saturated heterocycles. The molecule has 0 aromatic heterocycles. The topological polar surface area (TPSA) is 49.6 Å². The molecule has 0 amide bonds. The van der Waals surface area contributed by atoms with E-state index in [1.54, 1.807) is 12.1 Å². The minimum atomic E-state index is -0.367. The van der Waals surface area contributed by atoms with Gasteiger partial charge in [-0.15, -0.1) is 0 Å². The molecule has 2 aromatic rings. The third-order valence-electron chi connectivity index (χ3n) is 4.10. The van der Waals surface area contributed by atoms with Crippen LogP contribution in [-0.2, 0) is 6.54 Å². The minimum Gasteiger partial charge on any atom is -0.369 e. The van der Waals surface area contributed by atoms with Crippen LogP contribution in [-0.4, -0.2) is 36.0 Å². The Bertz CT molecular complexity index is 682. The van der Waals surface area contributed by atoms with Gasteiger partial charge in [-0.05, 0) is 23.8 Å². The van der Waals surface area contributed by atoms with E-state index in [1.165, 1.54) is 18.2 Å². The number of anilines is 1. The highest BCUT2D eigenvalue weighted by Crippen LogP contribution is 2.22. The Morgan fingerprint density at radius 3 is 2.39 bits per heavy atom. The van der Waals surface area contributed by atoms with E-state index in [0.29, 0.717) is 0 Å². The molecule has 1 aliphatic heterocycles. The van der Waals surface area contributed by atoms with Crippen LogP contribution in [0.2, 0.25) is 0 Å². The van der Waals surface area contributed by atoms with E-state index in [1.807, 2.05) is 18.2 Å². The fraction of sp³-hybridized carbons (Fsp3) is 0.294. The molecule has 0 atom stereocenters. The second-order valence-corrected chi connectivity index (χ2v) is 5.67. The lowest BCUT2D eigenvalue weighted by atomic mass is 10.2. The van der Waals surface area contributed by atoms with E-state index < -0.39 is 0 Å². The third-order valence-corrected chi connectivity index (χ3v) is 4.10. The summed E-state index contributed by atoms with van der Waals surface area (Å²) in [4.78, 5) is 15.0. The van der Waals surface area contributed by atoms with Crippen LogP contribution in [0.1, 0.15) is 5.56 Å². The van der Waals surface area contributed by atoms with Gasteiger partial charge >= 0.3 is 0 Å². The molecule has 120 valence electrons. The second kappa shape index (κ2) is 6.75. The minimum absolute atomic E-state index is 0.122. The number of nitro benzene ring substituents is 1. The van der Waals surface area contributed by atoms with E-state index in [2.05, 4.69) is 9.80 Å². The van der Waals surface area contributed by atoms with E-state index in [4.69, 9.17) is 0 Å². The normalized spacial score (nSPS) is 15.6.